The van der Waals surface area contributed by atoms with Gasteiger partial charge in [0.15, 0.2) is 0 Å². The van der Waals surface area contributed by atoms with Crippen molar-refractivity contribution < 1.29 is 13.2 Å². The number of rotatable bonds is 7. The second kappa shape index (κ2) is 9.28. The Balaban J connectivity index is 2.47. The maximum absolute atomic E-state index is 13.1. The lowest BCUT2D eigenvalue weighted by molar-refractivity contribution is 0.144. The smallest absolute Gasteiger partial charge is 0.264 e. The van der Waals surface area contributed by atoms with E-state index in [4.69, 9.17) is 28.6 Å². The van der Waals surface area contributed by atoms with Crippen LogP contribution in [-0.4, -0.2) is 44.4 Å². The summed E-state index contributed by atoms with van der Waals surface area (Å²) < 4.78 is 32.8. The minimum atomic E-state index is -3.73. The Morgan fingerprint density at radius 2 is 2.12 bits per heavy atom. The first-order chi connectivity index (χ1) is 12.3. The average Bonchev–Trinajstić information content (AvgIpc) is 2.66. The lowest BCUT2D eigenvalue weighted by Crippen LogP contribution is -2.32. The number of nitrogens with zero attached hydrogens (tertiary/aromatic N) is 1. The third kappa shape index (κ3) is 4.46. The minimum absolute atomic E-state index is 0.191. The number of fused-ring (bicyclic) bond motifs is 1. The van der Waals surface area contributed by atoms with E-state index in [0.717, 1.165) is 6.42 Å². The molecule has 8 heteroatoms. The number of nitrogens with one attached hydrogen (secondary N) is 1. The predicted molar refractivity (Wildman–Crippen MR) is 109 cm³/mol. The van der Waals surface area contributed by atoms with E-state index in [0.29, 0.717) is 47.3 Å². The summed E-state index contributed by atoms with van der Waals surface area (Å²) in [5.41, 5.74) is 1.17. The normalized spacial score (nSPS) is 20.9. The molecule has 1 N–H and O–H groups in total. The average molecular weight is 417 g/mol. The van der Waals surface area contributed by atoms with Gasteiger partial charge in [0.25, 0.3) is 10.0 Å². The van der Waals surface area contributed by atoms with Crippen LogP contribution in [0.4, 0.5) is 0 Å². The summed E-state index contributed by atoms with van der Waals surface area (Å²) in [5, 5.41) is 3.78. The first-order valence-corrected chi connectivity index (χ1v) is 10.9. The quantitative estimate of drug-likeness (QED) is 0.417. The molecule has 1 heterocycles. The van der Waals surface area contributed by atoms with E-state index < -0.39 is 10.0 Å². The van der Waals surface area contributed by atoms with Gasteiger partial charge in [-0.1, -0.05) is 42.9 Å². The molecule has 1 aliphatic heterocycles. The van der Waals surface area contributed by atoms with Gasteiger partial charge in [0, 0.05) is 25.3 Å². The number of sulfonamides is 1. The standard InChI is InChI=1S/C18H25ClN2O3S2/c1-4-7-15-18(25)17(20-10-6-11-24-5-2)14-9-8-13(19)12-16(14)26(22,23)21(15)3/h7-9,12,17,20H,4-6,10-11H2,1-3H3/b15-7+. The summed E-state index contributed by atoms with van der Waals surface area (Å²) >= 11 is 11.8. The van der Waals surface area contributed by atoms with Crippen molar-refractivity contribution in [2.45, 2.75) is 37.6 Å². The molecule has 1 unspecified atom stereocenters. The lowest BCUT2D eigenvalue weighted by Gasteiger charge is -2.22. The van der Waals surface area contributed by atoms with Crippen LogP contribution in [0.25, 0.3) is 0 Å². The van der Waals surface area contributed by atoms with Crippen LogP contribution in [0.2, 0.25) is 5.02 Å². The molecule has 0 fully saturated rings. The Kier molecular flexibility index (Phi) is 7.61. The predicted octanol–water partition coefficient (Wildman–Crippen LogP) is 3.70. The van der Waals surface area contributed by atoms with Crippen LogP contribution in [0.15, 0.2) is 34.9 Å². The Morgan fingerprint density at radius 1 is 1.38 bits per heavy atom. The fourth-order valence-corrected chi connectivity index (χ4v) is 5.09. The number of thiocarbonyl (C=S) groups is 1. The minimum Gasteiger partial charge on any atom is -0.382 e. The van der Waals surface area contributed by atoms with Crippen LogP contribution >= 0.6 is 23.8 Å². The molecule has 0 aliphatic carbocycles. The maximum Gasteiger partial charge on any atom is 0.264 e. The van der Waals surface area contributed by atoms with Gasteiger partial charge in [0.1, 0.15) is 0 Å². The molecule has 1 aromatic carbocycles. The van der Waals surface area contributed by atoms with E-state index in [1.807, 2.05) is 19.9 Å². The molecule has 0 radical (unpaired) electrons. The molecule has 0 amide bonds. The summed E-state index contributed by atoms with van der Waals surface area (Å²) in [7, 11) is -2.19. The van der Waals surface area contributed by atoms with E-state index >= 15 is 0 Å². The van der Waals surface area contributed by atoms with Gasteiger partial charge in [-0.15, -0.1) is 0 Å². The molecule has 0 bridgehead atoms. The lowest BCUT2D eigenvalue weighted by atomic mass is 10.0. The second-order valence-electron chi connectivity index (χ2n) is 5.95. The number of allylic oxidation sites excluding steroid dienone is 1. The van der Waals surface area contributed by atoms with Gasteiger partial charge in [-0.3, -0.25) is 4.31 Å². The molecule has 1 aromatic rings. The summed E-state index contributed by atoms with van der Waals surface area (Å²) in [5.74, 6) is 0. The van der Waals surface area contributed by atoms with E-state index in [1.54, 1.807) is 12.1 Å². The van der Waals surface area contributed by atoms with Crippen molar-refractivity contribution in [3.05, 3.63) is 40.6 Å². The van der Waals surface area contributed by atoms with Gasteiger partial charge in [-0.05, 0) is 44.0 Å². The molecule has 0 saturated carbocycles. The second-order valence-corrected chi connectivity index (χ2v) is 8.77. The Labute approximate surface area is 166 Å². The van der Waals surface area contributed by atoms with Crippen LogP contribution in [0.3, 0.4) is 0 Å². The monoisotopic (exact) mass is 416 g/mol. The van der Waals surface area contributed by atoms with E-state index in [1.165, 1.54) is 17.4 Å². The summed E-state index contributed by atoms with van der Waals surface area (Å²) in [6.45, 7) is 5.89. The molecule has 0 saturated heterocycles. The summed E-state index contributed by atoms with van der Waals surface area (Å²) in [4.78, 5) is 0.757. The summed E-state index contributed by atoms with van der Waals surface area (Å²) in [6, 6.07) is 4.55. The van der Waals surface area contributed by atoms with Crippen LogP contribution in [0.1, 0.15) is 38.3 Å². The van der Waals surface area contributed by atoms with Crippen LogP contribution in [-0.2, 0) is 14.8 Å². The molecular weight excluding hydrogens is 392 g/mol. The van der Waals surface area contributed by atoms with Crippen LogP contribution < -0.4 is 5.32 Å². The zero-order chi connectivity index (χ0) is 19.3. The van der Waals surface area contributed by atoms with Crippen LogP contribution in [0.5, 0.6) is 0 Å². The topological polar surface area (TPSA) is 58.6 Å². The molecule has 2 rings (SSSR count). The molecule has 0 aromatic heterocycles. The zero-order valence-corrected chi connectivity index (χ0v) is 17.7. The van der Waals surface area contributed by atoms with Gasteiger partial charge in [-0.25, -0.2) is 8.42 Å². The van der Waals surface area contributed by atoms with E-state index in [-0.39, 0.29) is 10.9 Å². The number of hydrogen-bond donors (Lipinski definition) is 1. The largest absolute Gasteiger partial charge is 0.382 e. The molecule has 26 heavy (non-hydrogen) atoms. The van der Waals surface area contributed by atoms with Gasteiger partial charge >= 0.3 is 0 Å². The molecular formula is C18H25ClN2O3S2. The van der Waals surface area contributed by atoms with E-state index in [9.17, 15) is 8.42 Å². The molecule has 1 aliphatic rings. The fourth-order valence-electron chi connectivity index (χ4n) is 2.88. The van der Waals surface area contributed by atoms with Crippen molar-refractivity contribution in [2.75, 3.05) is 26.8 Å². The van der Waals surface area contributed by atoms with Crippen molar-refractivity contribution in [1.82, 2.24) is 9.62 Å². The van der Waals surface area contributed by atoms with Gasteiger partial charge in [-0.2, -0.15) is 0 Å². The van der Waals surface area contributed by atoms with Gasteiger partial charge < -0.3 is 10.1 Å². The molecule has 1 atom stereocenters. The Bertz CT molecular complexity index is 794. The van der Waals surface area contributed by atoms with Crippen molar-refractivity contribution in [3.8, 4) is 0 Å². The third-order valence-electron chi connectivity index (χ3n) is 4.19. The highest BCUT2D eigenvalue weighted by Gasteiger charge is 2.36. The first kappa shape index (κ1) is 21.3. The van der Waals surface area contributed by atoms with Crippen molar-refractivity contribution in [1.29, 1.82) is 0 Å². The third-order valence-corrected chi connectivity index (χ3v) is 6.70. The summed E-state index contributed by atoms with van der Waals surface area (Å²) in [6.07, 6.45) is 3.34. The molecule has 5 nitrogen and oxygen atoms in total. The van der Waals surface area contributed by atoms with Crippen molar-refractivity contribution >= 4 is 38.7 Å². The zero-order valence-electron chi connectivity index (χ0n) is 15.3. The number of ether oxygens (including phenoxy) is 1. The maximum atomic E-state index is 13.1. The number of halogens is 1. The first-order valence-electron chi connectivity index (χ1n) is 8.68. The molecule has 0 spiro atoms. The van der Waals surface area contributed by atoms with E-state index in [2.05, 4.69) is 5.32 Å². The van der Waals surface area contributed by atoms with Gasteiger partial charge in [0.05, 0.1) is 21.5 Å². The highest BCUT2D eigenvalue weighted by molar-refractivity contribution is 7.89. The number of hydrogen-bond acceptors (Lipinski definition) is 5. The Morgan fingerprint density at radius 3 is 2.77 bits per heavy atom. The van der Waals surface area contributed by atoms with Crippen molar-refractivity contribution in [3.63, 3.8) is 0 Å². The number of benzene rings is 1. The molecule has 144 valence electrons. The Hall–Kier alpha value is -0.990. The van der Waals surface area contributed by atoms with Gasteiger partial charge in [0.2, 0.25) is 0 Å². The highest BCUT2D eigenvalue weighted by Crippen LogP contribution is 2.36. The SMILES string of the molecule is CC/C=C1\C(=S)C(NCCCOCC)c2ccc(Cl)cc2S(=O)(=O)N1C. The van der Waals surface area contributed by atoms with Crippen molar-refractivity contribution in [2.24, 2.45) is 0 Å². The highest BCUT2D eigenvalue weighted by atomic mass is 35.5. The van der Waals surface area contributed by atoms with Crippen LogP contribution in [0, 0.1) is 0 Å². The fraction of sp³-hybridized carbons (Fsp3) is 0.500.